The summed E-state index contributed by atoms with van der Waals surface area (Å²) >= 11 is 0. The predicted molar refractivity (Wildman–Crippen MR) is 35.2 cm³/mol. The Morgan fingerprint density at radius 2 is 2.22 bits per heavy atom. The van der Waals surface area contributed by atoms with Gasteiger partial charge in [0.05, 0.1) is 6.10 Å². The van der Waals surface area contributed by atoms with Gasteiger partial charge in [-0.05, 0) is 24.7 Å². The Hall–Kier alpha value is -0.0800. The van der Waals surface area contributed by atoms with Crippen LogP contribution in [-0.4, -0.2) is 24.3 Å². The zero-order chi connectivity index (χ0) is 6.32. The maximum atomic E-state index is 9.20. The van der Waals surface area contributed by atoms with Crippen LogP contribution >= 0.6 is 0 Å². The summed E-state index contributed by atoms with van der Waals surface area (Å²) in [5, 5.41) is 12.5. The second-order valence-electron chi connectivity index (χ2n) is 3.50. The van der Waals surface area contributed by atoms with Gasteiger partial charge in [-0.15, -0.1) is 0 Å². The molecule has 1 saturated heterocycles. The fourth-order valence-electron chi connectivity index (χ4n) is 1.98. The Bertz CT molecular complexity index is 120. The zero-order valence-electron chi connectivity index (χ0n) is 5.56. The highest BCUT2D eigenvalue weighted by molar-refractivity contribution is 4.98. The van der Waals surface area contributed by atoms with Crippen LogP contribution in [0.3, 0.4) is 0 Å². The van der Waals surface area contributed by atoms with Crippen LogP contribution in [0.15, 0.2) is 0 Å². The number of hydrogen-bond donors (Lipinski definition) is 2. The van der Waals surface area contributed by atoms with E-state index >= 15 is 0 Å². The molecule has 0 bridgehead atoms. The fraction of sp³-hybridized carbons (Fsp3) is 1.00. The minimum atomic E-state index is 0.00657. The Morgan fingerprint density at radius 3 is 2.44 bits per heavy atom. The van der Waals surface area contributed by atoms with Crippen LogP contribution in [0.4, 0.5) is 0 Å². The molecule has 2 aliphatic rings. The van der Waals surface area contributed by atoms with E-state index in [4.69, 9.17) is 0 Å². The van der Waals surface area contributed by atoms with Crippen LogP contribution in [0, 0.1) is 5.41 Å². The van der Waals surface area contributed by atoms with Gasteiger partial charge in [0.1, 0.15) is 0 Å². The minimum absolute atomic E-state index is 0.00657. The predicted octanol–water partition coefficient (Wildman–Crippen LogP) is 0.121. The van der Waals surface area contributed by atoms with E-state index in [-0.39, 0.29) is 6.10 Å². The van der Waals surface area contributed by atoms with Crippen molar-refractivity contribution >= 4 is 0 Å². The highest BCUT2D eigenvalue weighted by Crippen LogP contribution is 2.40. The van der Waals surface area contributed by atoms with Gasteiger partial charge in [0.25, 0.3) is 0 Å². The van der Waals surface area contributed by atoms with Gasteiger partial charge in [-0.25, -0.2) is 0 Å². The molecule has 2 nitrogen and oxygen atoms in total. The van der Waals surface area contributed by atoms with E-state index in [1.165, 1.54) is 6.42 Å². The van der Waals surface area contributed by atoms with Gasteiger partial charge < -0.3 is 10.4 Å². The maximum absolute atomic E-state index is 9.20. The van der Waals surface area contributed by atoms with Gasteiger partial charge in [0.15, 0.2) is 0 Å². The van der Waals surface area contributed by atoms with Crippen molar-refractivity contribution in [1.29, 1.82) is 0 Å². The fourth-order valence-corrected chi connectivity index (χ4v) is 1.98. The van der Waals surface area contributed by atoms with Crippen molar-refractivity contribution in [2.24, 2.45) is 5.41 Å². The molecule has 2 fully saturated rings. The SMILES string of the molecule is OC1CCC2(CNC2)C1. The summed E-state index contributed by atoms with van der Waals surface area (Å²) < 4.78 is 0. The van der Waals surface area contributed by atoms with E-state index in [1.807, 2.05) is 0 Å². The van der Waals surface area contributed by atoms with Crippen molar-refractivity contribution in [2.45, 2.75) is 25.4 Å². The van der Waals surface area contributed by atoms with Crippen molar-refractivity contribution in [1.82, 2.24) is 5.32 Å². The Morgan fingerprint density at radius 1 is 1.44 bits per heavy atom. The van der Waals surface area contributed by atoms with E-state index in [0.29, 0.717) is 5.41 Å². The van der Waals surface area contributed by atoms with Gasteiger partial charge in [0.2, 0.25) is 0 Å². The first-order chi connectivity index (χ1) is 4.31. The van der Waals surface area contributed by atoms with Crippen molar-refractivity contribution in [3.63, 3.8) is 0 Å². The van der Waals surface area contributed by atoms with Crippen LogP contribution in [0.1, 0.15) is 19.3 Å². The van der Waals surface area contributed by atoms with Gasteiger partial charge in [-0.2, -0.15) is 0 Å². The van der Waals surface area contributed by atoms with Gasteiger partial charge in [-0.3, -0.25) is 0 Å². The maximum Gasteiger partial charge on any atom is 0.0546 e. The summed E-state index contributed by atoms with van der Waals surface area (Å²) in [6.07, 6.45) is 3.31. The first-order valence-electron chi connectivity index (χ1n) is 3.70. The zero-order valence-corrected chi connectivity index (χ0v) is 5.56. The lowest BCUT2D eigenvalue weighted by atomic mass is 9.80. The van der Waals surface area contributed by atoms with Crippen molar-refractivity contribution in [2.75, 3.05) is 13.1 Å². The van der Waals surface area contributed by atoms with Gasteiger partial charge >= 0.3 is 0 Å². The van der Waals surface area contributed by atoms with Crippen molar-refractivity contribution in [3.8, 4) is 0 Å². The lowest BCUT2D eigenvalue weighted by Gasteiger charge is -2.39. The molecular weight excluding hydrogens is 114 g/mol. The first kappa shape index (κ1) is 5.69. The normalized spacial score (nSPS) is 39.0. The standard InChI is InChI=1S/C7H13NO/c9-6-1-2-7(3-6)4-8-5-7/h6,8-9H,1-5H2. The van der Waals surface area contributed by atoms with Crippen LogP contribution in [0.5, 0.6) is 0 Å². The second kappa shape index (κ2) is 1.70. The molecule has 1 unspecified atom stereocenters. The van der Waals surface area contributed by atoms with E-state index in [0.717, 1.165) is 25.9 Å². The molecule has 0 amide bonds. The third-order valence-corrected chi connectivity index (χ3v) is 2.68. The molecule has 0 aromatic heterocycles. The number of aliphatic hydroxyl groups excluding tert-OH is 1. The van der Waals surface area contributed by atoms with Crippen molar-refractivity contribution in [3.05, 3.63) is 0 Å². The molecular formula is C7H13NO. The third kappa shape index (κ3) is 0.775. The molecule has 0 aromatic carbocycles. The Kier molecular flexibility index (Phi) is 1.08. The van der Waals surface area contributed by atoms with Crippen LogP contribution in [0.25, 0.3) is 0 Å². The van der Waals surface area contributed by atoms with Crippen LogP contribution < -0.4 is 5.32 Å². The van der Waals surface area contributed by atoms with Gasteiger partial charge in [-0.1, -0.05) is 0 Å². The lowest BCUT2D eigenvalue weighted by molar-refractivity contribution is 0.125. The molecule has 2 rings (SSSR count). The topological polar surface area (TPSA) is 32.3 Å². The summed E-state index contributed by atoms with van der Waals surface area (Å²) in [7, 11) is 0. The number of hydrogen-bond acceptors (Lipinski definition) is 2. The molecule has 0 aromatic rings. The molecule has 9 heavy (non-hydrogen) atoms. The number of aliphatic hydroxyl groups is 1. The van der Waals surface area contributed by atoms with E-state index in [9.17, 15) is 5.11 Å². The van der Waals surface area contributed by atoms with Gasteiger partial charge in [0, 0.05) is 13.1 Å². The second-order valence-corrected chi connectivity index (χ2v) is 3.50. The summed E-state index contributed by atoms with van der Waals surface area (Å²) in [6.45, 7) is 2.29. The highest BCUT2D eigenvalue weighted by Gasteiger charge is 2.42. The number of rotatable bonds is 0. The average molecular weight is 127 g/mol. The van der Waals surface area contributed by atoms with E-state index in [2.05, 4.69) is 5.32 Å². The minimum Gasteiger partial charge on any atom is -0.393 e. The van der Waals surface area contributed by atoms with Crippen LogP contribution in [-0.2, 0) is 0 Å². The Balaban J connectivity index is 1.99. The molecule has 1 aliphatic carbocycles. The average Bonchev–Trinajstić information content (AvgIpc) is 2.09. The molecule has 1 atom stereocenters. The third-order valence-electron chi connectivity index (χ3n) is 2.68. The Labute approximate surface area is 55.3 Å². The summed E-state index contributed by atoms with van der Waals surface area (Å²) in [5.41, 5.74) is 0.527. The summed E-state index contributed by atoms with van der Waals surface area (Å²) in [6, 6.07) is 0. The van der Waals surface area contributed by atoms with Crippen LogP contribution in [0.2, 0.25) is 0 Å². The number of nitrogens with one attached hydrogen (secondary N) is 1. The first-order valence-corrected chi connectivity index (χ1v) is 3.70. The molecule has 52 valence electrons. The summed E-state index contributed by atoms with van der Waals surface area (Å²) in [4.78, 5) is 0. The van der Waals surface area contributed by atoms with E-state index in [1.54, 1.807) is 0 Å². The smallest absolute Gasteiger partial charge is 0.0546 e. The molecule has 0 radical (unpaired) electrons. The molecule has 1 spiro atoms. The molecule has 1 aliphatic heterocycles. The monoisotopic (exact) mass is 127 g/mol. The largest absolute Gasteiger partial charge is 0.393 e. The molecule has 2 heteroatoms. The lowest BCUT2D eigenvalue weighted by Crippen LogP contribution is -2.51. The molecule has 1 saturated carbocycles. The quantitative estimate of drug-likeness (QED) is 0.484. The highest BCUT2D eigenvalue weighted by atomic mass is 16.3. The molecule has 2 N–H and O–H groups in total. The van der Waals surface area contributed by atoms with Crippen molar-refractivity contribution < 1.29 is 5.11 Å². The summed E-state index contributed by atoms with van der Waals surface area (Å²) in [5.74, 6) is 0. The van der Waals surface area contributed by atoms with E-state index < -0.39 is 0 Å². The molecule has 1 heterocycles.